The largest absolute Gasteiger partial charge is 0.256 e. The van der Waals surface area contributed by atoms with Crippen LogP contribution in [0.1, 0.15) is 50.7 Å². The Morgan fingerprint density at radius 1 is 0.654 bits per heavy atom. The molecule has 0 aliphatic heterocycles. The van der Waals surface area contributed by atoms with Gasteiger partial charge < -0.3 is 0 Å². The summed E-state index contributed by atoms with van der Waals surface area (Å²) in [6.45, 7) is 8.81. The van der Waals surface area contributed by atoms with Crippen LogP contribution in [0.3, 0.4) is 0 Å². The molecule has 2 heteroatoms. The molecule has 0 N–H and O–H groups in total. The molecule has 2 aromatic carbocycles. The van der Waals surface area contributed by atoms with Crippen LogP contribution in [0.15, 0.2) is 73.1 Å². The third-order valence-corrected chi connectivity index (χ3v) is 4.58. The number of rotatable bonds is 2. The van der Waals surface area contributed by atoms with Gasteiger partial charge >= 0.3 is 0 Å². The second-order valence-corrected chi connectivity index (χ2v) is 7.19. The molecule has 0 aliphatic rings. The zero-order chi connectivity index (χ0) is 18.5. The molecule has 0 radical (unpaired) electrons. The summed E-state index contributed by atoms with van der Waals surface area (Å²) in [7, 11) is 0. The molecule has 0 saturated heterocycles. The first-order valence-corrected chi connectivity index (χ1v) is 9.24. The van der Waals surface area contributed by atoms with Gasteiger partial charge in [0.1, 0.15) is 0 Å². The summed E-state index contributed by atoms with van der Waals surface area (Å²) in [5.41, 5.74) is 4.92. The summed E-state index contributed by atoms with van der Waals surface area (Å²) >= 11 is 0. The molecule has 0 atom stereocenters. The van der Waals surface area contributed by atoms with Gasteiger partial charge in [0.05, 0.1) is 11.0 Å². The van der Waals surface area contributed by atoms with Crippen LogP contribution in [-0.2, 0) is 0 Å². The number of benzene rings is 2. The number of fused-ring (bicyclic) bond motifs is 2. The van der Waals surface area contributed by atoms with Crippen molar-refractivity contribution in [2.24, 2.45) is 0 Å². The van der Waals surface area contributed by atoms with E-state index in [1.807, 2.05) is 24.5 Å². The summed E-state index contributed by atoms with van der Waals surface area (Å²) in [4.78, 5) is 8.68. The highest BCUT2D eigenvalue weighted by molar-refractivity contribution is 5.82. The molecule has 2 aromatic heterocycles. The fourth-order valence-electron chi connectivity index (χ4n) is 3.05. The van der Waals surface area contributed by atoms with Gasteiger partial charge in [-0.15, -0.1) is 0 Å². The number of nitrogens with zero attached hydrogens (tertiary/aromatic N) is 2. The molecule has 132 valence electrons. The third-order valence-electron chi connectivity index (χ3n) is 4.58. The zero-order valence-corrected chi connectivity index (χ0v) is 16.0. The maximum Gasteiger partial charge on any atom is 0.0736 e. The molecule has 4 rings (SSSR count). The van der Waals surface area contributed by atoms with Gasteiger partial charge in [-0.05, 0) is 47.2 Å². The van der Waals surface area contributed by atoms with Crippen LogP contribution < -0.4 is 0 Å². The van der Waals surface area contributed by atoms with Crippen molar-refractivity contribution in [3.05, 3.63) is 84.2 Å². The van der Waals surface area contributed by atoms with E-state index in [1.54, 1.807) is 0 Å². The van der Waals surface area contributed by atoms with Gasteiger partial charge in [0, 0.05) is 23.2 Å². The first-order chi connectivity index (χ1) is 12.6. The van der Waals surface area contributed by atoms with Crippen molar-refractivity contribution in [2.45, 2.75) is 39.5 Å². The number of aromatic nitrogens is 2. The van der Waals surface area contributed by atoms with Crippen LogP contribution in [0.25, 0.3) is 21.8 Å². The Hall–Kier alpha value is -2.74. The van der Waals surface area contributed by atoms with Gasteiger partial charge in [0.15, 0.2) is 0 Å². The van der Waals surface area contributed by atoms with Crippen LogP contribution in [-0.4, -0.2) is 9.97 Å². The lowest BCUT2D eigenvalue weighted by molar-refractivity contribution is 0.868. The van der Waals surface area contributed by atoms with E-state index in [0.29, 0.717) is 11.8 Å². The Kier molecular flexibility index (Phi) is 5.62. The molecule has 2 nitrogen and oxygen atoms in total. The fourth-order valence-corrected chi connectivity index (χ4v) is 3.05. The number of hydrogen-bond donors (Lipinski definition) is 0. The Labute approximate surface area is 155 Å². The Bertz CT molecular complexity index is 991. The smallest absolute Gasteiger partial charge is 0.0736 e. The Balaban J connectivity index is 0.000000151. The van der Waals surface area contributed by atoms with E-state index in [0.717, 1.165) is 11.0 Å². The van der Waals surface area contributed by atoms with Gasteiger partial charge in [0.2, 0.25) is 0 Å². The van der Waals surface area contributed by atoms with E-state index in [1.165, 1.54) is 21.9 Å². The van der Waals surface area contributed by atoms with Crippen molar-refractivity contribution in [1.82, 2.24) is 9.97 Å². The third kappa shape index (κ3) is 4.08. The van der Waals surface area contributed by atoms with Gasteiger partial charge in [0.25, 0.3) is 0 Å². The van der Waals surface area contributed by atoms with Crippen molar-refractivity contribution in [3.8, 4) is 0 Å². The highest BCUT2D eigenvalue weighted by Crippen LogP contribution is 2.22. The van der Waals surface area contributed by atoms with E-state index < -0.39 is 0 Å². The van der Waals surface area contributed by atoms with Crippen molar-refractivity contribution in [1.29, 1.82) is 0 Å². The maximum absolute atomic E-state index is 4.40. The quantitative estimate of drug-likeness (QED) is 0.404. The Morgan fingerprint density at radius 2 is 1.35 bits per heavy atom. The molecule has 0 saturated carbocycles. The van der Waals surface area contributed by atoms with E-state index in [9.17, 15) is 0 Å². The number of pyridine rings is 2. The molecule has 2 heterocycles. The summed E-state index contributed by atoms with van der Waals surface area (Å²) in [5, 5.41) is 2.46. The molecule has 0 spiro atoms. The first kappa shape index (κ1) is 18.1. The van der Waals surface area contributed by atoms with Crippen molar-refractivity contribution in [2.75, 3.05) is 0 Å². The van der Waals surface area contributed by atoms with Crippen LogP contribution in [0.2, 0.25) is 0 Å². The van der Waals surface area contributed by atoms with E-state index >= 15 is 0 Å². The fraction of sp³-hybridized carbons (Fsp3) is 0.250. The lowest BCUT2D eigenvalue weighted by atomic mass is 10.00. The predicted octanol–water partition coefficient (Wildman–Crippen LogP) is 6.72. The number of para-hydroxylation sites is 1. The average Bonchev–Trinajstić information content (AvgIpc) is 2.67. The highest BCUT2D eigenvalue weighted by atomic mass is 14.7. The van der Waals surface area contributed by atoms with Gasteiger partial charge in [-0.25, -0.2) is 0 Å². The Morgan fingerprint density at radius 3 is 2.08 bits per heavy atom. The average molecular weight is 342 g/mol. The van der Waals surface area contributed by atoms with Crippen LogP contribution in [0.5, 0.6) is 0 Å². The van der Waals surface area contributed by atoms with E-state index in [4.69, 9.17) is 0 Å². The van der Waals surface area contributed by atoms with E-state index in [-0.39, 0.29) is 0 Å². The number of hydrogen-bond acceptors (Lipinski definition) is 2. The lowest BCUT2D eigenvalue weighted by Gasteiger charge is -2.07. The van der Waals surface area contributed by atoms with Gasteiger partial charge in [-0.2, -0.15) is 0 Å². The molecule has 0 unspecified atom stereocenters. The maximum atomic E-state index is 4.40. The van der Waals surface area contributed by atoms with Crippen molar-refractivity contribution < 1.29 is 0 Å². The summed E-state index contributed by atoms with van der Waals surface area (Å²) < 4.78 is 0. The minimum atomic E-state index is 0.540. The first-order valence-electron chi connectivity index (χ1n) is 9.24. The summed E-state index contributed by atoms with van der Waals surface area (Å²) in [5.74, 6) is 1.13. The molecule has 0 fully saturated rings. The van der Waals surface area contributed by atoms with Crippen molar-refractivity contribution in [3.63, 3.8) is 0 Å². The molecular formula is C24H26N2. The topological polar surface area (TPSA) is 25.8 Å². The van der Waals surface area contributed by atoms with Crippen molar-refractivity contribution >= 4 is 21.8 Å². The summed E-state index contributed by atoms with van der Waals surface area (Å²) in [6.07, 6.45) is 3.69. The molecular weight excluding hydrogens is 316 g/mol. The SMILES string of the molecule is CC(C)c1ccc2ncccc2c1.CC(C)c1cccc2cccnc12. The second kappa shape index (κ2) is 8.09. The van der Waals surface area contributed by atoms with Gasteiger partial charge in [-0.1, -0.05) is 64.1 Å². The molecule has 0 aliphatic carbocycles. The van der Waals surface area contributed by atoms with Gasteiger partial charge in [-0.3, -0.25) is 9.97 Å². The van der Waals surface area contributed by atoms with Crippen LogP contribution in [0, 0.1) is 0 Å². The highest BCUT2D eigenvalue weighted by Gasteiger charge is 2.04. The minimum Gasteiger partial charge on any atom is -0.256 e. The molecule has 26 heavy (non-hydrogen) atoms. The van der Waals surface area contributed by atoms with E-state index in [2.05, 4.69) is 86.2 Å². The molecule has 0 amide bonds. The van der Waals surface area contributed by atoms with Crippen LogP contribution >= 0.6 is 0 Å². The molecule has 0 bridgehead atoms. The monoisotopic (exact) mass is 342 g/mol. The summed E-state index contributed by atoms with van der Waals surface area (Å²) in [6, 6.07) is 21.0. The zero-order valence-electron chi connectivity index (χ0n) is 16.0. The second-order valence-electron chi connectivity index (χ2n) is 7.19. The molecule has 4 aromatic rings. The van der Waals surface area contributed by atoms with Crippen LogP contribution in [0.4, 0.5) is 0 Å². The normalized spacial score (nSPS) is 11.0. The minimum absolute atomic E-state index is 0.540. The predicted molar refractivity (Wildman–Crippen MR) is 112 cm³/mol. The standard InChI is InChI=1S/2C12H13N/c1-9(2)11-7-3-5-10-6-4-8-13-12(10)11;1-9(2)10-5-6-12-11(8-10)4-3-7-13-12/h2*3-9H,1-2H3. The lowest BCUT2D eigenvalue weighted by Crippen LogP contribution is -1.90.